The predicted molar refractivity (Wildman–Crippen MR) is 173 cm³/mol. The molecule has 1 aliphatic heterocycles. The van der Waals surface area contributed by atoms with Crippen LogP contribution in [-0.2, 0) is 38.6 Å². The van der Waals surface area contributed by atoms with Gasteiger partial charge in [0.1, 0.15) is 17.8 Å². The number of nitrogens with zero attached hydrogens (tertiary/aromatic N) is 1. The van der Waals surface area contributed by atoms with Gasteiger partial charge in [-0.15, -0.1) is 0 Å². The number of para-hydroxylation sites is 1. The lowest BCUT2D eigenvalue weighted by Crippen LogP contribution is -2.58. The fourth-order valence-corrected chi connectivity index (χ4v) is 5.83. The van der Waals surface area contributed by atoms with E-state index in [1.807, 2.05) is 56.3 Å². The summed E-state index contributed by atoms with van der Waals surface area (Å²) >= 11 is 0. The van der Waals surface area contributed by atoms with Gasteiger partial charge in [-0.3, -0.25) is 19.2 Å². The number of aromatic hydroxyl groups is 1. The first-order valence-electron chi connectivity index (χ1n) is 15.4. The molecule has 3 atom stereocenters. The van der Waals surface area contributed by atoms with Crippen LogP contribution < -0.4 is 21.7 Å². The zero-order chi connectivity index (χ0) is 32.5. The van der Waals surface area contributed by atoms with E-state index in [4.69, 9.17) is 5.73 Å². The second-order valence-corrected chi connectivity index (χ2v) is 11.7. The van der Waals surface area contributed by atoms with Crippen LogP contribution >= 0.6 is 0 Å². The Kier molecular flexibility index (Phi) is 11.3. The average Bonchev–Trinajstić information content (AvgIpc) is 3.01. The summed E-state index contributed by atoms with van der Waals surface area (Å²) in [5, 5.41) is 18.5. The standard InChI is InChI=1S/C35H43N5O5/c1-22-17-28(42)18-23(2)29(22)20-30(36)35(45)40-21-26-12-8-7-11-25(26)19-32(40)34(44)39-31(15-9-10-16-37-24(3)41)33(43)38-27-13-5-4-6-14-27/h4-8,11-14,17-18,30-32,42H,9-10,15-16,19-21,36H2,1-3H3,(H,37,41)(H,38,43)(H,39,44)/t30-,31-,32-/m0/s1. The summed E-state index contributed by atoms with van der Waals surface area (Å²) in [5.74, 6) is -1.13. The van der Waals surface area contributed by atoms with Crippen LogP contribution in [0.15, 0.2) is 66.7 Å². The van der Waals surface area contributed by atoms with E-state index in [0.29, 0.717) is 31.5 Å². The van der Waals surface area contributed by atoms with Crippen molar-refractivity contribution in [1.29, 1.82) is 0 Å². The molecule has 10 nitrogen and oxygen atoms in total. The van der Waals surface area contributed by atoms with E-state index >= 15 is 0 Å². The average molecular weight is 614 g/mol. The van der Waals surface area contributed by atoms with Gasteiger partial charge in [-0.05, 0) is 91.6 Å². The molecular formula is C35H43N5O5. The zero-order valence-electron chi connectivity index (χ0n) is 26.1. The van der Waals surface area contributed by atoms with Crippen molar-refractivity contribution in [2.24, 2.45) is 5.73 Å². The number of nitrogens with two attached hydrogens (primary N) is 1. The molecule has 1 heterocycles. The molecule has 0 saturated carbocycles. The third-order valence-corrected chi connectivity index (χ3v) is 8.22. The second-order valence-electron chi connectivity index (χ2n) is 11.7. The first kappa shape index (κ1) is 33.2. The van der Waals surface area contributed by atoms with Crippen LogP contribution in [-0.4, -0.2) is 58.3 Å². The number of fused-ring (bicyclic) bond motifs is 1. The SMILES string of the molecule is CC(=O)NCCCC[C@H](NC(=O)[C@@H]1Cc2ccccc2CN1C(=O)[C@@H](N)Cc1c(C)cc(O)cc1C)C(=O)Nc1ccccc1. The molecule has 0 unspecified atom stereocenters. The minimum Gasteiger partial charge on any atom is -0.508 e. The Balaban J connectivity index is 1.54. The Morgan fingerprint density at radius 2 is 1.60 bits per heavy atom. The number of phenolic OH excluding ortho intramolecular Hbond substituents is 1. The van der Waals surface area contributed by atoms with Crippen molar-refractivity contribution in [3.8, 4) is 5.75 Å². The van der Waals surface area contributed by atoms with Gasteiger partial charge in [0.25, 0.3) is 0 Å². The highest BCUT2D eigenvalue weighted by atomic mass is 16.3. The van der Waals surface area contributed by atoms with Gasteiger partial charge in [0.05, 0.1) is 6.04 Å². The van der Waals surface area contributed by atoms with E-state index in [-0.39, 0.29) is 42.9 Å². The van der Waals surface area contributed by atoms with E-state index in [1.54, 1.807) is 24.3 Å². The minimum atomic E-state index is -0.918. The van der Waals surface area contributed by atoms with Gasteiger partial charge in [0.2, 0.25) is 23.6 Å². The third-order valence-electron chi connectivity index (χ3n) is 8.22. The molecule has 4 amide bonds. The molecule has 0 aromatic heterocycles. The van der Waals surface area contributed by atoms with Crippen molar-refractivity contribution >= 4 is 29.3 Å². The maximum absolute atomic E-state index is 14.0. The number of rotatable bonds is 12. The van der Waals surface area contributed by atoms with Gasteiger partial charge < -0.3 is 31.7 Å². The normalized spacial score (nSPS) is 15.4. The van der Waals surface area contributed by atoms with Crippen LogP contribution in [0.3, 0.4) is 0 Å². The smallest absolute Gasteiger partial charge is 0.246 e. The first-order chi connectivity index (χ1) is 21.5. The molecule has 0 fully saturated rings. The molecule has 3 aromatic rings. The molecule has 0 spiro atoms. The van der Waals surface area contributed by atoms with E-state index in [0.717, 1.165) is 27.8 Å². The summed E-state index contributed by atoms with van der Waals surface area (Å²) < 4.78 is 0. The molecule has 6 N–H and O–H groups in total. The van der Waals surface area contributed by atoms with Crippen LogP contribution in [0.2, 0.25) is 0 Å². The molecule has 0 saturated heterocycles. The molecule has 45 heavy (non-hydrogen) atoms. The highest BCUT2D eigenvalue weighted by Crippen LogP contribution is 2.26. The lowest BCUT2D eigenvalue weighted by Gasteiger charge is -2.38. The van der Waals surface area contributed by atoms with Crippen LogP contribution in [0.5, 0.6) is 5.75 Å². The van der Waals surface area contributed by atoms with Crippen LogP contribution in [0, 0.1) is 13.8 Å². The van der Waals surface area contributed by atoms with Crippen molar-refractivity contribution in [3.05, 3.63) is 94.5 Å². The van der Waals surface area contributed by atoms with E-state index in [2.05, 4.69) is 16.0 Å². The number of hydrogen-bond donors (Lipinski definition) is 5. The zero-order valence-corrected chi connectivity index (χ0v) is 26.1. The van der Waals surface area contributed by atoms with Gasteiger partial charge in [-0.25, -0.2) is 0 Å². The van der Waals surface area contributed by atoms with Crippen molar-refractivity contribution in [2.75, 3.05) is 11.9 Å². The van der Waals surface area contributed by atoms with Crippen LogP contribution in [0.25, 0.3) is 0 Å². The topological polar surface area (TPSA) is 154 Å². The largest absolute Gasteiger partial charge is 0.508 e. The Bertz CT molecular complexity index is 1500. The van der Waals surface area contributed by atoms with Crippen molar-refractivity contribution in [3.63, 3.8) is 0 Å². The number of anilines is 1. The summed E-state index contributed by atoms with van der Waals surface area (Å²) in [7, 11) is 0. The van der Waals surface area contributed by atoms with E-state index in [9.17, 15) is 24.3 Å². The highest BCUT2D eigenvalue weighted by Gasteiger charge is 2.38. The number of aryl methyl sites for hydroxylation is 2. The lowest BCUT2D eigenvalue weighted by atomic mass is 9.91. The summed E-state index contributed by atoms with van der Waals surface area (Å²) in [6.45, 7) is 5.86. The Labute approximate surface area is 264 Å². The van der Waals surface area contributed by atoms with E-state index < -0.39 is 24.0 Å². The predicted octanol–water partition coefficient (Wildman–Crippen LogP) is 3.26. The van der Waals surface area contributed by atoms with Gasteiger partial charge in [0.15, 0.2) is 0 Å². The van der Waals surface area contributed by atoms with E-state index in [1.165, 1.54) is 11.8 Å². The number of unbranched alkanes of at least 4 members (excludes halogenated alkanes) is 1. The Hall–Kier alpha value is -4.70. The maximum Gasteiger partial charge on any atom is 0.246 e. The van der Waals surface area contributed by atoms with Crippen LogP contribution in [0.1, 0.15) is 54.0 Å². The summed E-state index contributed by atoms with van der Waals surface area (Å²) in [6.07, 6.45) is 2.10. The summed E-state index contributed by atoms with van der Waals surface area (Å²) in [6, 6.07) is 17.3. The third kappa shape index (κ3) is 8.92. The fourth-order valence-electron chi connectivity index (χ4n) is 5.83. The number of benzene rings is 3. The Morgan fingerprint density at radius 3 is 2.27 bits per heavy atom. The highest BCUT2D eigenvalue weighted by molar-refractivity contribution is 5.98. The van der Waals surface area contributed by atoms with Crippen molar-refractivity contribution in [1.82, 2.24) is 15.5 Å². The number of carbonyl (C=O) groups excluding carboxylic acids is 4. The van der Waals surface area contributed by atoms with Crippen molar-refractivity contribution in [2.45, 2.75) is 77.5 Å². The summed E-state index contributed by atoms with van der Waals surface area (Å²) in [5.41, 5.74) is 11.6. The Morgan fingerprint density at radius 1 is 0.956 bits per heavy atom. The number of carbonyl (C=O) groups is 4. The number of amides is 4. The fraction of sp³-hybridized carbons (Fsp3) is 0.371. The first-order valence-corrected chi connectivity index (χ1v) is 15.4. The molecule has 1 aliphatic rings. The minimum absolute atomic E-state index is 0.127. The number of phenols is 1. The van der Waals surface area contributed by atoms with Gasteiger partial charge in [-0.1, -0.05) is 42.5 Å². The molecule has 3 aromatic carbocycles. The van der Waals surface area contributed by atoms with Gasteiger partial charge >= 0.3 is 0 Å². The molecule has 0 bridgehead atoms. The van der Waals surface area contributed by atoms with Crippen LogP contribution in [0.4, 0.5) is 5.69 Å². The second kappa shape index (κ2) is 15.3. The monoisotopic (exact) mass is 613 g/mol. The van der Waals surface area contributed by atoms with Crippen molar-refractivity contribution < 1.29 is 24.3 Å². The van der Waals surface area contributed by atoms with Gasteiger partial charge in [-0.2, -0.15) is 0 Å². The number of hydrogen-bond acceptors (Lipinski definition) is 6. The molecule has 0 aliphatic carbocycles. The number of nitrogens with one attached hydrogen (secondary N) is 3. The molecule has 4 rings (SSSR count). The lowest BCUT2D eigenvalue weighted by molar-refractivity contribution is -0.143. The van der Waals surface area contributed by atoms with Gasteiger partial charge in [0, 0.05) is 32.1 Å². The maximum atomic E-state index is 14.0. The quantitative estimate of drug-likeness (QED) is 0.198. The molecule has 238 valence electrons. The molecule has 10 heteroatoms. The molecular weight excluding hydrogens is 570 g/mol. The molecule has 0 radical (unpaired) electrons. The summed E-state index contributed by atoms with van der Waals surface area (Å²) in [4.78, 5) is 54.1.